The highest BCUT2D eigenvalue weighted by molar-refractivity contribution is 5.82. The minimum Gasteiger partial charge on any atom is -0.497 e. The maximum atomic E-state index is 14.4. The predicted octanol–water partition coefficient (Wildman–Crippen LogP) is 4.26. The summed E-state index contributed by atoms with van der Waals surface area (Å²) in [5.74, 6) is -0.692. The number of halogens is 2. The molecule has 2 heterocycles. The molecule has 0 saturated heterocycles. The number of benzene rings is 2. The molecule has 0 atom stereocenters. The number of aromatic amines is 1. The first kappa shape index (κ1) is 17.9. The molecule has 2 aromatic carbocycles. The van der Waals surface area contributed by atoms with Crippen LogP contribution in [0.15, 0.2) is 47.3 Å². The molecule has 2 aromatic heterocycles. The van der Waals surface area contributed by atoms with E-state index in [-0.39, 0.29) is 11.1 Å². The first-order valence-corrected chi connectivity index (χ1v) is 8.62. The van der Waals surface area contributed by atoms with Crippen LogP contribution in [0.25, 0.3) is 28.0 Å². The number of H-pyrrole nitrogens is 1. The van der Waals surface area contributed by atoms with Crippen molar-refractivity contribution in [2.45, 2.75) is 13.8 Å². The Balaban J connectivity index is 2.01. The molecule has 0 amide bonds. The molecule has 0 radical (unpaired) electrons. The number of aromatic nitrogens is 3. The Hall–Kier alpha value is -3.48. The summed E-state index contributed by atoms with van der Waals surface area (Å²) in [5, 5.41) is 4.27. The SMILES string of the molecule is COc1ccc(-c2[nH]c3c(-c4ccc(F)cc4F)c(C)nn3c(=O)c2C)cc1. The van der Waals surface area contributed by atoms with Crippen LogP contribution in [0.2, 0.25) is 0 Å². The Morgan fingerprint density at radius 3 is 2.43 bits per heavy atom. The summed E-state index contributed by atoms with van der Waals surface area (Å²) in [7, 11) is 1.58. The van der Waals surface area contributed by atoms with Crippen molar-refractivity contribution >= 4 is 5.65 Å². The first-order chi connectivity index (χ1) is 13.4. The summed E-state index contributed by atoms with van der Waals surface area (Å²) >= 11 is 0. The minimum atomic E-state index is -0.717. The third-order valence-electron chi connectivity index (χ3n) is 4.77. The zero-order chi connectivity index (χ0) is 20.0. The molecular formula is C21H17F2N3O2. The Kier molecular flexibility index (Phi) is 4.22. The van der Waals surface area contributed by atoms with E-state index in [1.54, 1.807) is 33.1 Å². The van der Waals surface area contributed by atoms with Crippen LogP contribution >= 0.6 is 0 Å². The zero-order valence-electron chi connectivity index (χ0n) is 15.5. The van der Waals surface area contributed by atoms with Gasteiger partial charge in [-0.15, -0.1) is 0 Å². The number of hydrogen-bond donors (Lipinski definition) is 1. The van der Waals surface area contributed by atoms with Crippen LogP contribution in [0.4, 0.5) is 8.78 Å². The van der Waals surface area contributed by atoms with Gasteiger partial charge in [0.2, 0.25) is 0 Å². The van der Waals surface area contributed by atoms with Gasteiger partial charge in [-0.05, 0) is 55.8 Å². The smallest absolute Gasteiger partial charge is 0.277 e. The summed E-state index contributed by atoms with van der Waals surface area (Å²) in [5.41, 5.74) is 2.96. The fraction of sp³-hybridized carbons (Fsp3) is 0.143. The predicted molar refractivity (Wildman–Crippen MR) is 103 cm³/mol. The van der Waals surface area contributed by atoms with E-state index in [4.69, 9.17) is 4.74 Å². The van der Waals surface area contributed by atoms with E-state index in [0.29, 0.717) is 33.9 Å². The van der Waals surface area contributed by atoms with Gasteiger partial charge in [-0.2, -0.15) is 9.61 Å². The van der Waals surface area contributed by atoms with E-state index in [2.05, 4.69) is 10.1 Å². The van der Waals surface area contributed by atoms with Crippen molar-refractivity contribution in [3.8, 4) is 28.1 Å². The third-order valence-corrected chi connectivity index (χ3v) is 4.77. The van der Waals surface area contributed by atoms with E-state index in [1.807, 2.05) is 12.1 Å². The second kappa shape index (κ2) is 6.60. The van der Waals surface area contributed by atoms with Gasteiger partial charge in [0.1, 0.15) is 23.0 Å². The molecule has 5 nitrogen and oxygen atoms in total. The van der Waals surface area contributed by atoms with Gasteiger partial charge in [-0.1, -0.05) is 0 Å². The molecular weight excluding hydrogens is 364 g/mol. The standard InChI is InChI=1S/C21H17F2N3O2/c1-11-19(13-4-7-15(28-3)8-5-13)24-20-18(12(2)25-26(20)21(11)27)16-9-6-14(22)10-17(16)23/h4-10,24H,1-3H3. The molecule has 28 heavy (non-hydrogen) atoms. The molecule has 0 aliphatic carbocycles. The third kappa shape index (κ3) is 2.76. The van der Waals surface area contributed by atoms with E-state index in [1.165, 1.54) is 16.6 Å². The maximum Gasteiger partial charge on any atom is 0.277 e. The molecule has 7 heteroatoms. The summed E-state index contributed by atoms with van der Waals surface area (Å²) in [6, 6.07) is 10.6. The van der Waals surface area contributed by atoms with Crippen LogP contribution < -0.4 is 10.3 Å². The van der Waals surface area contributed by atoms with Crippen molar-refractivity contribution in [1.29, 1.82) is 0 Å². The lowest BCUT2D eigenvalue weighted by Crippen LogP contribution is -2.19. The molecule has 0 spiro atoms. The number of nitrogens with one attached hydrogen (secondary N) is 1. The van der Waals surface area contributed by atoms with Gasteiger partial charge in [-0.25, -0.2) is 8.78 Å². The monoisotopic (exact) mass is 381 g/mol. The van der Waals surface area contributed by atoms with E-state index >= 15 is 0 Å². The maximum absolute atomic E-state index is 14.4. The molecule has 0 aliphatic rings. The van der Waals surface area contributed by atoms with Crippen molar-refractivity contribution < 1.29 is 13.5 Å². The Labute approximate surface area is 159 Å². The van der Waals surface area contributed by atoms with Gasteiger partial charge >= 0.3 is 0 Å². The summed E-state index contributed by atoms with van der Waals surface area (Å²) in [6.45, 7) is 3.38. The Morgan fingerprint density at radius 2 is 1.79 bits per heavy atom. The normalized spacial score (nSPS) is 11.2. The second-order valence-corrected chi connectivity index (χ2v) is 6.50. The van der Waals surface area contributed by atoms with Gasteiger partial charge in [0.25, 0.3) is 5.56 Å². The van der Waals surface area contributed by atoms with E-state index < -0.39 is 11.6 Å². The number of aryl methyl sites for hydroxylation is 1. The molecule has 1 N–H and O–H groups in total. The number of fused-ring (bicyclic) bond motifs is 1. The van der Waals surface area contributed by atoms with E-state index in [0.717, 1.165) is 11.6 Å². The van der Waals surface area contributed by atoms with Crippen molar-refractivity contribution in [2.24, 2.45) is 0 Å². The average Bonchev–Trinajstić information content (AvgIpc) is 3.01. The van der Waals surface area contributed by atoms with Gasteiger partial charge in [-0.3, -0.25) is 4.79 Å². The van der Waals surface area contributed by atoms with E-state index in [9.17, 15) is 13.6 Å². The van der Waals surface area contributed by atoms with Crippen LogP contribution in [0.3, 0.4) is 0 Å². The lowest BCUT2D eigenvalue weighted by atomic mass is 10.0. The molecule has 0 saturated carbocycles. The summed E-state index contributed by atoms with van der Waals surface area (Å²) < 4.78 is 34.2. The van der Waals surface area contributed by atoms with Crippen molar-refractivity contribution in [3.63, 3.8) is 0 Å². The number of hydrogen-bond acceptors (Lipinski definition) is 3. The average molecular weight is 381 g/mol. The Bertz CT molecular complexity index is 1260. The van der Waals surface area contributed by atoms with Crippen LogP contribution in [0.5, 0.6) is 5.75 Å². The first-order valence-electron chi connectivity index (χ1n) is 8.62. The summed E-state index contributed by atoms with van der Waals surface area (Å²) in [6.07, 6.45) is 0. The van der Waals surface area contributed by atoms with Gasteiger partial charge < -0.3 is 9.72 Å². The topological polar surface area (TPSA) is 59.4 Å². The van der Waals surface area contributed by atoms with Crippen LogP contribution in [0, 0.1) is 25.5 Å². The van der Waals surface area contributed by atoms with Crippen molar-refractivity contribution in [2.75, 3.05) is 7.11 Å². The van der Waals surface area contributed by atoms with Crippen LogP contribution in [0.1, 0.15) is 11.3 Å². The fourth-order valence-electron chi connectivity index (χ4n) is 3.33. The minimum absolute atomic E-state index is 0.175. The van der Waals surface area contributed by atoms with Crippen molar-refractivity contribution in [1.82, 2.24) is 14.6 Å². The molecule has 4 aromatic rings. The second-order valence-electron chi connectivity index (χ2n) is 6.50. The quantitative estimate of drug-likeness (QED) is 0.577. The highest BCUT2D eigenvalue weighted by Crippen LogP contribution is 2.31. The largest absolute Gasteiger partial charge is 0.497 e. The Morgan fingerprint density at radius 1 is 1.07 bits per heavy atom. The molecule has 0 unspecified atom stereocenters. The van der Waals surface area contributed by atoms with Gasteiger partial charge in [0.05, 0.1) is 24.1 Å². The molecule has 0 fully saturated rings. The van der Waals surface area contributed by atoms with Gasteiger partial charge in [0.15, 0.2) is 0 Å². The zero-order valence-corrected chi connectivity index (χ0v) is 15.5. The van der Waals surface area contributed by atoms with Crippen LogP contribution in [-0.4, -0.2) is 21.7 Å². The number of methoxy groups -OCH3 is 1. The highest BCUT2D eigenvalue weighted by Gasteiger charge is 2.20. The highest BCUT2D eigenvalue weighted by atomic mass is 19.1. The summed E-state index contributed by atoms with van der Waals surface area (Å²) in [4.78, 5) is 16.1. The van der Waals surface area contributed by atoms with Crippen LogP contribution in [-0.2, 0) is 0 Å². The van der Waals surface area contributed by atoms with Gasteiger partial charge in [0, 0.05) is 17.2 Å². The fourth-order valence-corrected chi connectivity index (χ4v) is 3.33. The molecule has 0 bridgehead atoms. The lowest BCUT2D eigenvalue weighted by Gasteiger charge is -2.09. The molecule has 4 rings (SSSR count). The molecule has 142 valence electrons. The number of ether oxygens (including phenoxy) is 1. The van der Waals surface area contributed by atoms with Crippen molar-refractivity contribution in [3.05, 3.63) is 75.7 Å². The lowest BCUT2D eigenvalue weighted by molar-refractivity contribution is 0.415. The number of rotatable bonds is 3. The molecule has 0 aliphatic heterocycles. The number of nitrogens with zero attached hydrogens (tertiary/aromatic N) is 2.